The first-order valence-corrected chi connectivity index (χ1v) is 10.6. The Labute approximate surface area is 196 Å². The largest absolute Gasteiger partial charge is 0.492 e. The summed E-state index contributed by atoms with van der Waals surface area (Å²) in [7, 11) is 4.04. The molecular formula is C27H31ClFNO2. The molecule has 0 spiro atoms. The van der Waals surface area contributed by atoms with Gasteiger partial charge in [-0.2, -0.15) is 0 Å². The number of aliphatic hydroxyl groups is 1. The van der Waals surface area contributed by atoms with Crippen LogP contribution in [0.15, 0.2) is 78.9 Å². The highest BCUT2D eigenvalue weighted by Crippen LogP contribution is 2.35. The smallest absolute Gasteiger partial charge is 0.123 e. The van der Waals surface area contributed by atoms with Crippen molar-refractivity contribution < 1.29 is 14.2 Å². The van der Waals surface area contributed by atoms with Gasteiger partial charge in [-0.25, -0.2) is 4.39 Å². The SMILES string of the molecule is CN(C)CCOc1ccc(/C(=C(/CCCO)c2ccccc2)c2ccc(F)cc2)cc1.Cl. The average Bonchev–Trinajstić information content (AvgIpc) is 2.79. The first-order chi connectivity index (χ1) is 15.1. The van der Waals surface area contributed by atoms with Gasteiger partial charge in [-0.3, -0.25) is 0 Å². The van der Waals surface area contributed by atoms with Gasteiger partial charge >= 0.3 is 0 Å². The summed E-state index contributed by atoms with van der Waals surface area (Å²) in [4.78, 5) is 2.08. The minimum atomic E-state index is -0.260. The van der Waals surface area contributed by atoms with Crippen LogP contribution in [0.5, 0.6) is 5.75 Å². The van der Waals surface area contributed by atoms with Gasteiger partial charge in [0.1, 0.15) is 18.2 Å². The molecule has 3 nitrogen and oxygen atoms in total. The van der Waals surface area contributed by atoms with Crippen molar-refractivity contribution >= 4 is 23.6 Å². The second kappa shape index (κ2) is 13.0. The highest BCUT2D eigenvalue weighted by Gasteiger charge is 2.14. The Kier molecular flexibility index (Phi) is 10.4. The summed E-state index contributed by atoms with van der Waals surface area (Å²) < 4.78 is 19.5. The van der Waals surface area contributed by atoms with Gasteiger partial charge in [0, 0.05) is 13.2 Å². The van der Waals surface area contributed by atoms with Crippen LogP contribution in [-0.4, -0.2) is 43.9 Å². The molecule has 0 amide bonds. The van der Waals surface area contributed by atoms with Crippen LogP contribution in [0, 0.1) is 5.82 Å². The molecule has 0 heterocycles. The molecule has 0 bridgehead atoms. The van der Waals surface area contributed by atoms with E-state index in [0.29, 0.717) is 19.4 Å². The molecule has 0 aliphatic heterocycles. The second-order valence-electron chi connectivity index (χ2n) is 7.73. The maximum Gasteiger partial charge on any atom is 0.123 e. The third-order valence-corrected chi connectivity index (χ3v) is 5.09. The summed E-state index contributed by atoms with van der Waals surface area (Å²) in [6, 6.07) is 24.8. The van der Waals surface area contributed by atoms with E-state index in [0.717, 1.165) is 40.1 Å². The van der Waals surface area contributed by atoms with E-state index in [2.05, 4.69) is 17.0 Å². The number of rotatable bonds is 10. The standard InChI is InChI=1S/C27H30FNO2.ClH/c1-29(2)18-20-31-25-16-12-23(13-17-25)27(22-10-14-24(28)15-11-22)26(9-6-19-30)21-7-4-3-5-8-21;/h3-5,7-8,10-17,30H,6,9,18-20H2,1-2H3;1H/b27-26-;. The van der Waals surface area contributed by atoms with Crippen LogP contribution in [0.3, 0.4) is 0 Å². The number of hydrogen-bond donors (Lipinski definition) is 1. The van der Waals surface area contributed by atoms with E-state index >= 15 is 0 Å². The molecular weight excluding hydrogens is 425 g/mol. The lowest BCUT2D eigenvalue weighted by atomic mass is 9.87. The molecule has 0 aliphatic carbocycles. The van der Waals surface area contributed by atoms with Crippen LogP contribution in [0.25, 0.3) is 11.1 Å². The van der Waals surface area contributed by atoms with Crippen molar-refractivity contribution in [3.63, 3.8) is 0 Å². The van der Waals surface area contributed by atoms with Crippen molar-refractivity contribution in [1.29, 1.82) is 0 Å². The van der Waals surface area contributed by atoms with Crippen molar-refractivity contribution in [2.45, 2.75) is 12.8 Å². The fraction of sp³-hybridized carbons (Fsp3) is 0.259. The van der Waals surface area contributed by atoms with Gasteiger partial charge < -0.3 is 14.7 Å². The number of nitrogens with zero attached hydrogens (tertiary/aromatic N) is 1. The predicted octanol–water partition coefficient (Wildman–Crippen LogP) is 5.92. The Morgan fingerprint density at radius 1 is 0.844 bits per heavy atom. The minimum Gasteiger partial charge on any atom is -0.492 e. The second-order valence-corrected chi connectivity index (χ2v) is 7.73. The summed E-state index contributed by atoms with van der Waals surface area (Å²) in [6.07, 6.45) is 1.37. The van der Waals surface area contributed by atoms with Gasteiger partial charge in [0.15, 0.2) is 0 Å². The molecule has 0 fully saturated rings. The van der Waals surface area contributed by atoms with E-state index < -0.39 is 0 Å². The Hall–Kier alpha value is -2.66. The van der Waals surface area contributed by atoms with Crippen LogP contribution >= 0.6 is 12.4 Å². The van der Waals surface area contributed by atoms with E-state index in [1.165, 1.54) is 12.1 Å². The van der Waals surface area contributed by atoms with Crippen molar-refractivity contribution in [2.75, 3.05) is 33.9 Å². The van der Waals surface area contributed by atoms with Crippen LogP contribution in [0.4, 0.5) is 4.39 Å². The summed E-state index contributed by atoms with van der Waals surface area (Å²) in [5.74, 6) is 0.560. The minimum absolute atomic E-state index is 0. The van der Waals surface area contributed by atoms with E-state index in [9.17, 15) is 9.50 Å². The van der Waals surface area contributed by atoms with Crippen molar-refractivity contribution in [3.05, 3.63) is 101 Å². The molecule has 1 N–H and O–H groups in total. The number of benzene rings is 3. The highest BCUT2D eigenvalue weighted by molar-refractivity contribution is 5.98. The molecule has 0 radical (unpaired) electrons. The summed E-state index contributed by atoms with van der Waals surface area (Å²) in [5.41, 5.74) is 5.24. The van der Waals surface area contributed by atoms with Gasteiger partial charge in [-0.05, 0) is 79.0 Å². The van der Waals surface area contributed by atoms with E-state index in [-0.39, 0.29) is 24.8 Å². The molecule has 0 aromatic heterocycles. The van der Waals surface area contributed by atoms with Crippen LogP contribution < -0.4 is 4.74 Å². The molecule has 0 aliphatic rings. The maximum absolute atomic E-state index is 13.6. The fourth-order valence-corrected chi connectivity index (χ4v) is 3.50. The number of aliphatic hydroxyl groups excluding tert-OH is 1. The quantitative estimate of drug-likeness (QED) is 0.385. The van der Waals surface area contributed by atoms with Crippen molar-refractivity contribution in [1.82, 2.24) is 4.90 Å². The zero-order chi connectivity index (χ0) is 22.1. The zero-order valence-electron chi connectivity index (χ0n) is 18.6. The molecule has 170 valence electrons. The Balaban J connectivity index is 0.00000363. The summed E-state index contributed by atoms with van der Waals surface area (Å²) >= 11 is 0. The number of likely N-dealkylation sites (N-methyl/N-ethyl adjacent to an activating group) is 1. The van der Waals surface area contributed by atoms with Crippen LogP contribution in [0.1, 0.15) is 29.5 Å². The lowest BCUT2D eigenvalue weighted by molar-refractivity contribution is 0.261. The van der Waals surface area contributed by atoms with Crippen LogP contribution in [-0.2, 0) is 0 Å². The maximum atomic E-state index is 13.6. The molecule has 5 heteroatoms. The molecule has 3 aromatic rings. The summed E-state index contributed by atoms with van der Waals surface area (Å²) in [6.45, 7) is 1.59. The first-order valence-electron chi connectivity index (χ1n) is 10.6. The number of ether oxygens (including phenoxy) is 1. The Morgan fingerprint density at radius 3 is 2.00 bits per heavy atom. The molecule has 3 aromatic carbocycles. The molecule has 0 atom stereocenters. The Morgan fingerprint density at radius 2 is 1.44 bits per heavy atom. The number of halogens is 2. The molecule has 0 unspecified atom stereocenters. The predicted molar refractivity (Wildman–Crippen MR) is 133 cm³/mol. The van der Waals surface area contributed by atoms with Crippen LogP contribution in [0.2, 0.25) is 0 Å². The topological polar surface area (TPSA) is 32.7 Å². The lowest BCUT2D eigenvalue weighted by Gasteiger charge is -2.18. The van der Waals surface area contributed by atoms with Gasteiger partial charge in [-0.15, -0.1) is 12.4 Å². The third kappa shape index (κ3) is 7.20. The molecule has 0 saturated carbocycles. The normalized spacial score (nSPS) is 11.7. The van der Waals surface area contributed by atoms with E-state index in [1.807, 2.05) is 68.7 Å². The van der Waals surface area contributed by atoms with Gasteiger partial charge in [0.25, 0.3) is 0 Å². The number of hydrogen-bond acceptors (Lipinski definition) is 3. The third-order valence-electron chi connectivity index (χ3n) is 5.09. The Bertz CT molecular complexity index is 971. The lowest BCUT2D eigenvalue weighted by Crippen LogP contribution is -2.19. The van der Waals surface area contributed by atoms with Gasteiger partial charge in [0.2, 0.25) is 0 Å². The van der Waals surface area contributed by atoms with Gasteiger partial charge in [-0.1, -0.05) is 54.6 Å². The summed E-state index contributed by atoms with van der Waals surface area (Å²) in [5, 5.41) is 9.49. The van der Waals surface area contributed by atoms with E-state index in [4.69, 9.17) is 4.74 Å². The first kappa shape index (κ1) is 25.6. The fourth-order valence-electron chi connectivity index (χ4n) is 3.50. The number of allylic oxidation sites excluding steroid dienone is 1. The average molecular weight is 456 g/mol. The molecule has 0 saturated heterocycles. The van der Waals surface area contributed by atoms with E-state index in [1.54, 1.807) is 0 Å². The molecule has 3 rings (SSSR count). The van der Waals surface area contributed by atoms with Crippen molar-refractivity contribution in [2.24, 2.45) is 0 Å². The zero-order valence-corrected chi connectivity index (χ0v) is 19.4. The van der Waals surface area contributed by atoms with Crippen molar-refractivity contribution in [3.8, 4) is 5.75 Å². The monoisotopic (exact) mass is 455 g/mol. The molecule has 32 heavy (non-hydrogen) atoms. The highest BCUT2D eigenvalue weighted by atomic mass is 35.5. The van der Waals surface area contributed by atoms with Gasteiger partial charge in [0.05, 0.1) is 0 Å².